The second kappa shape index (κ2) is 7.29. The van der Waals surface area contributed by atoms with Crippen LogP contribution in [0.2, 0.25) is 0 Å². The van der Waals surface area contributed by atoms with Crippen LogP contribution in [0.5, 0.6) is 11.8 Å². The third kappa shape index (κ3) is 3.78. The summed E-state index contributed by atoms with van der Waals surface area (Å²) in [6.07, 6.45) is 0.890. The molecule has 2 rings (SSSR count). The Morgan fingerprint density at radius 2 is 1.73 bits per heavy atom. The van der Waals surface area contributed by atoms with E-state index >= 15 is 0 Å². The fourth-order valence-electron chi connectivity index (χ4n) is 2.45. The summed E-state index contributed by atoms with van der Waals surface area (Å²) in [4.78, 5) is 24.9. The summed E-state index contributed by atoms with van der Waals surface area (Å²) in [5.41, 5.74) is 0. The van der Waals surface area contributed by atoms with Crippen LogP contribution in [-0.4, -0.2) is 61.2 Å². The van der Waals surface area contributed by atoms with E-state index in [9.17, 15) is 4.79 Å². The van der Waals surface area contributed by atoms with Gasteiger partial charge in [0.2, 0.25) is 23.6 Å². The van der Waals surface area contributed by atoms with E-state index in [0.717, 1.165) is 19.5 Å². The van der Waals surface area contributed by atoms with Gasteiger partial charge in [0.15, 0.2) is 0 Å². The van der Waals surface area contributed by atoms with Crippen molar-refractivity contribution in [1.29, 1.82) is 0 Å². The van der Waals surface area contributed by atoms with E-state index in [1.807, 2.05) is 18.7 Å². The van der Waals surface area contributed by atoms with Crippen molar-refractivity contribution in [3.63, 3.8) is 0 Å². The average molecular weight is 308 g/mol. The molecule has 7 heteroatoms. The van der Waals surface area contributed by atoms with Crippen LogP contribution in [0.3, 0.4) is 0 Å². The normalized spacial score (nSPS) is 15.7. The Labute approximate surface area is 131 Å². The first-order valence-corrected chi connectivity index (χ1v) is 7.56. The molecule has 1 aliphatic rings. The van der Waals surface area contributed by atoms with E-state index in [4.69, 9.17) is 9.47 Å². The number of methoxy groups -OCH3 is 2. The largest absolute Gasteiger partial charge is 0.481 e. The van der Waals surface area contributed by atoms with Crippen LogP contribution < -0.4 is 14.4 Å². The summed E-state index contributed by atoms with van der Waals surface area (Å²) in [5, 5.41) is 0. The van der Waals surface area contributed by atoms with E-state index in [1.165, 1.54) is 0 Å². The fraction of sp³-hybridized carbons (Fsp3) is 0.667. The first-order chi connectivity index (χ1) is 10.5. The number of hydrogen-bond acceptors (Lipinski definition) is 6. The number of amides is 1. The van der Waals surface area contributed by atoms with Gasteiger partial charge in [-0.2, -0.15) is 9.97 Å². The highest BCUT2D eigenvalue weighted by atomic mass is 16.5. The van der Waals surface area contributed by atoms with Crippen molar-refractivity contribution in [3.8, 4) is 11.8 Å². The second-order valence-electron chi connectivity index (χ2n) is 5.57. The van der Waals surface area contributed by atoms with Gasteiger partial charge in [0, 0.05) is 32.1 Å². The molecular weight excluding hydrogens is 284 g/mol. The third-order valence-corrected chi connectivity index (χ3v) is 3.67. The maximum atomic E-state index is 12.1. The molecule has 1 aliphatic heterocycles. The molecule has 2 heterocycles. The van der Waals surface area contributed by atoms with E-state index < -0.39 is 0 Å². The van der Waals surface area contributed by atoms with Crippen molar-refractivity contribution in [1.82, 2.24) is 14.9 Å². The minimum Gasteiger partial charge on any atom is -0.481 e. The zero-order valence-electron chi connectivity index (χ0n) is 13.7. The molecule has 22 heavy (non-hydrogen) atoms. The van der Waals surface area contributed by atoms with Crippen molar-refractivity contribution in [2.45, 2.75) is 20.3 Å². The van der Waals surface area contributed by atoms with E-state index in [2.05, 4.69) is 14.9 Å². The van der Waals surface area contributed by atoms with Crippen molar-refractivity contribution >= 4 is 11.9 Å². The van der Waals surface area contributed by atoms with E-state index in [0.29, 0.717) is 30.8 Å². The zero-order chi connectivity index (χ0) is 16.1. The van der Waals surface area contributed by atoms with Gasteiger partial charge in [0.1, 0.15) is 0 Å². The monoisotopic (exact) mass is 308 g/mol. The molecule has 0 spiro atoms. The van der Waals surface area contributed by atoms with Crippen LogP contribution in [0.4, 0.5) is 5.95 Å². The molecule has 1 aromatic rings. The number of anilines is 1. The highest BCUT2D eigenvalue weighted by molar-refractivity contribution is 5.78. The van der Waals surface area contributed by atoms with Gasteiger partial charge >= 0.3 is 0 Å². The summed E-state index contributed by atoms with van der Waals surface area (Å²) >= 11 is 0. The van der Waals surface area contributed by atoms with Crippen molar-refractivity contribution in [2.24, 2.45) is 5.92 Å². The maximum Gasteiger partial charge on any atom is 0.232 e. The van der Waals surface area contributed by atoms with Gasteiger partial charge in [-0.05, 0) is 6.42 Å². The number of carbonyl (C=O) groups is 1. The number of aromatic nitrogens is 2. The molecule has 1 fully saturated rings. The maximum absolute atomic E-state index is 12.1. The molecule has 122 valence electrons. The lowest BCUT2D eigenvalue weighted by atomic mass is 10.2. The fourth-order valence-corrected chi connectivity index (χ4v) is 2.45. The molecule has 0 bridgehead atoms. The Bertz CT molecular complexity index is 499. The summed E-state index contributed by atoms with van der Waals surface area (Å²) in [5.74, 6) is 1.75. The average Bonchev–Trinajstić information content (AvgIpc) is 2.79. The van der Waals surface area contributed by atoms with Crippen LogP contribution >= 0.6 is 0 Å². The zero-order valence-corrected chi connectivity index (χ0v) is 13.7. The van der Waals surface area contributed by atoms with Gasteiger partial charge in [-0.25, -0.2) is 0 Å². The number of carbonyl (C=O) groups excluding carboxylic acids is 1. The molecule has 1 saturated heterocycles. The van der Waals surface area contributed by atoms with Crippen molar-refractivity contribution < 1.29 is 14.3 Å². The summed E-state index contributed by atoms with van der Waals surface area (Å²) in [6.45, 7) is 6.82. The predicted octanol–water partition coefficient (Wildman–Crippen LogP) is 1.19. The molecule has 0 aromatic carbocycles. The first-order valence-electron chi connectivity index (χ1n) is 7.56. The number of ether oxygens (including phenoxy) is 2. The van der Waals surface area contributed by atoms with Crippen LogP contribution in [0, 0.1) is 5.92 Å². The Morgan fingerprint density at radius 1 is 1.09 bits per heavy atom. The van der Waals surface area contributed by atoms with Crippen LogP contribution in [0.25, 0.3) is 0 Å². The SMILES string of the molecule is COc1cc(OC)nc(N2CCCN(C(=O)C(C)C)CC2)n1. The third-order valence-electron chi connectivity index (χ3n) is 3.67. The first kappa shape index (κ1) is 16.3. The molecule has 0 radical (unpaired) electrons. The topological polar surface area (TPSA) is 67.8 Å². The van der Waals surface area contributed by atoms with Gasteiger partial charge in [-0.1, -0.05) is 13.8 Å². The Balaban J connectivity index is 2.12. The number of hydrogen-bond donors (Lipinski definition) is 0. The molecule has 0 N–H and O–H groups in total. The van der Waals surface area contributed by atoms with Gasteiger partial charge in [-0.15, -0.1) is 0 Å². The Hall–Kier alpha value is -2.05. The van der Waals surface area contributed by atoms with E-state index in [1.54, 1.807) is 20.3 Å². The molecule has 0 aliphatic carbocycles. The summed E-state index contributed by atoms with van der Waals surface area (Å²) in [6, 6.07) is 1.65. The lowest BCUT2D eigenvalue weighted by Crippen LogP contribution is -2.37. The quantitative estimate of drug-likeness (QED) is 0.832. The lowest BCUT2D eigenvalue weighted by Gasteiger charge is -2.23. The number of nitrogens with zero attached hydrogens (tertiary/aromatic N) is 4. The smallest absolute Gasteiger partial charge is 0.232 e. The molecule has 7 nitrogen and oxygen atoms in total. The highest BCUT2D eigenvalue weighted by Crippen LogP contribution is 2.21. The van der Waals surface area contributed by atoms with Gasteiger partial charge in [0.05, 0.1) is 20.3 Å². The second-order valence-corrected chi connectivity index (χ2v) is 5.57. The number of rotatable bonds is 4. The Morgan fingerprint density at radius 3 is 2.27 bits per heavy atom. The van der Waals surface area contributed by atoms with Gasteiger partial charge < -0.3 is 19.3 Å². The lowest BCUT2D eigenvalue weighted by molar-refractivity contribution is -0.134. The van der Waals surface area contributed by atoms with Crippen LogP contribution in [0.15, 0.2) is 6.07 Å². The Kier molecular flexibility index (Phi) is 5.41. The molecule has 1 amide bonds. The minimum atomic E-state index is 0.0275. The van der Waals surface area contributed by atoms with Crippen molar-refractivity contribution in [3.05, 3.63) is 6.07 Å². The molecular formula is C15H24N4O3. The van der Waals surface area contributed by atoms with E-state index in [-0.39, 0.29) is 11.8 Å². The predicted molar refractivity (Wildman–Crippen MR) is 83.4 cm³/mol. The standard InChI is InChI=1S/C15H24N4O3/c1-11(2)14(20)18-6-5-7-19(9-8-18)15-16-12(21-3)10-13(17-15)22-4/h10-11H,5-9H2,1-4H3. The molecule has 1 aromatic heterocycles. The highest BCUT2D eigenvalue weighted by Gasteiger charge is 2.22. The summed E-state index contributed by atoms with van der Waals surface area (Å²) in [7, 11) is 3.13. The van der Waals surface area contributed by atoms with Gasteiger partial charge in [0.25, 0.3) is 0 Å². The van der Waals surface area contributed by atoms with Crippen molar-refractivity contribution in [2.75, 3.05) is 45.3 Å². The molecule has 0 unspecified atom stereocenters. The molecule has 0 atom stereocenters. The minimum absolute atomic E-state index is 0.0275. The molecule has 0 saturated carbocycles. The summed E-state index contributed by atoms with van der Waals surface area (Å²) < 4.78 is 10.4. The van der Waals surface area contributed by atoms with Crippen LogP contribution in [0.1, 0.15) is 20.3 Å². The van der Waals surface area contributed by atoms with Gasteiger partial charge in [-0.3, -0.25) is 4.79 Å². The van der Waals surface area contributed by atoms with Crippen LogP contribution in [-0.2, 0) is 4.79 Å².